The molecule has 44 heavy (non-hydrogen) atoms. The van der Waals surface area contributed by atoms with Crippen LogP contribution in [0.3, 0.4) is 0 Å². The van der Waals surface area contributed by atoms with Crippen LogP contribution in [-0.4, -0.2) is 64.6 Å². The molecule has 3 aromatic heterocycles. The fourth-order valence-corrected chi connectivity index (χ4v) is 7.73. The summed E-state index contributed by atoms with van der Waals surface area (Å²) in [5.74, 6) is 1.74. The van der Waals surface area contributed by atoms with E-state index in [1.807, 2.05) is 6.07 Å². The number of hydrogen-bond acceptors (Lipinski definition) is 10. The summed E-state index contributed by atoms with van der Waals surface area (Å²) in [6, 6.07) is 4.10. The van der Waals surface area contributed by atoms with Gasteiger partial charge in [0, 0.05) is 49.4 Å². The highest BCUT2D eigenvalue weighted by molar-refractivity contribution is 7.85. The number of nitrogens with zero attached hydrogens (tertiary/aromatic N) is 5. The molecule has 1 aliphatic heterocycles. The summed E-state index contributed by atoms with van der Waals surface area (Å²) < 4.78 is 29.4. The molecule has 2 fully saturated rings. The van der Waals surface area contributed by atoms with Crippen molar-refractivity contribution in [3.63, 3.8) is 0 Å². The topological polar surface area (TPSA) is 136 Å². The van der Waals surface area contributed by atoms with Crippen molar-refractivity contribution in [2.75, 3.05) is 31.3 Å². The predicted molar refractivity (Wildman–Crippen MR) is 169 cm³/mol. The molecule has 0 unspecified atom stereocenters. The Hall–Kier alpha value is -3.22. The van der Waals surface area contributed by atoms with Crippen LogP contribution in [0.25, 0.3) is 11.0 Å². The average Bonchev–Trinajstić information content (AvgIpc) is 3.51. The standard InChI is InChI=1S/C32H42N6O5S/c1-20-26-16-33-32(36-30(26)38(25-6-4-5-7-25)31(40)29(20)21(2)39)35-28-13-12-24-18-37(15-14-27(24)34-28)17-22-8-10-23(11-9-22)19-43-44(3,41)42/h12-13,16,22-23,25H,4-11,14-15,17-19H2,1-3H3,(H,33,34,35,36). The first-order chi connectivity index (χ1) is 21.1. The van der Waals surface area contributed by atoms with E-state index in [-0.39, 0.29) is 22.9 Å². The number of anilines is 2. The van der Waals surface area contributed by atoms with E-state index in [9.17, 15) is 18.0 Å². The second kappa shape index (κ2) is 12.6. The first-order valence-corrected chi connectivity index (χ1v) is 17.6. The summed E-state index contributed by atoms with van der Waals surface area (Å²) in [7, 11) is -3.38. The van der Waals surface area contributed by atoms with Gasteiger partial charge in [0.25, 0.3) is 15.7 Å². The smallest absolute Gasteiger partial charge is 0.264 e. The van der Waals surface area contributed by atoms with E-state index in [0.717, 1.165) is 94.8 Å². The van der Waals surface area contributed by atoms with E-state index >= 15 is 0 Å². The number of pyridine rings is 2. The van der Waals surface area contributed by atoms with Gasteiger partial charge in [0.05, 0.1) is 18.4 Å². The zero-order chi connectivity index (χ0) is 31.0. The molecule has 0 saturated heterocycles. The van der Waals surface area contributed by atoms with E-state index in [1.165, 1.54) is 12.5 Å². The fraction of sp³-hybridized carbons (Fsp3) is 0.594. The van der Waals surface area contributed by atoms with Crippen LogP contribution in [0.4, 0.5) is 11.8 Å². The van der Waals surface area contributed by atoms with Crippen molar-refractivity contribution in [3.8, 4) is 0 Å². The number of hydrogen-bond donors (Lipinski definition) is 1. The van der Waals surface area contributed by atoms with E-state index in [1.54, 1.807) is 17.7 Å². The van der Waals surface area contributed by atoms with E-state index in [2.05, 4.69) is 21.3 Å². The van der Waals surface area contributed by atoms with Crippen LogP contribution in [0.5, 0.6) is 0 Å². The minimum atomic E-state index is -3.38. The quantitative estimate of drug-likeness (QED) is 0.264. The van der Waals surface area contributed by atoms with Gasteiger partial charge in [-0.15, -0.1) is 0 Å². The SMILES string of the molecule is CC(=O)c1c(C)c2cnc(Nc3ccc4c(n3)CCN(CC3CCC(COS(C)(=O)=O)CC3)C4)nc2n(C2CCCC2)c1=O. The lowest BCUT2D eigenvalue weighted by molar-refractivity contribution is 0.101. The van der Waals surface area contributed by atoms with Crippen molar-refractivity contribution < 1.29 is 17.4 Å². The van der Waals surface area contributed by atoms with Gasteiger partial charge in [-0.05, 0) is 81.4 Å². The van der Waals surface area contributed by atoms with Gasteiger partial charge in [0.2, 0.25) is 5.95 Å². The number of rotatable bonds is 9. The molecule has 0 radical (unpaired) electrons. The number of aromatic nitrogens is 4. The molecule has 0 bridgehead atoms. The summed E-state index contributed by atoms with van der Waals surface area (Å²) in [6.45, 7) is 6.38. The van der Waals surface area contributed by atoms with Gasteiger partial charge in [-0.25, -0.2) is 9.97 Å². The Labute approximate surface area is 258 Å². The molecule has 2 aliphatic carbocycles. The Morgan fingerprint density at radius 3 is 2.50 bits per heavy atom. The number of carbonyl (C=O) groups excluding carboxylic acids is 1. The highest BCUT2D eigenvalue weighted by Gasteiger charge is 2.28. The second-order valence-electron chi connectivity index (χ2n) is 12.9. The van der Waals surface area contributed by atoms with Gasteiger partial charge in [-0.1, -0.05) is 18.9 Å². The van der Waals surface area contributed by atoms with Crippen LogP contribution in [0, 0.1) is 18.8 Å². The van der Waals surface area contributed by atoms with E-state index in [4.69, 9.17) is 14.2 Å². The molecule has 11 nitrogen and oxygen atoms in total. The lowest BCUT2D eigenvalue weighted by Crippen LogP contribution is -2.36. The van der Waals surface area contributed by atoms with Crippen LogP contribution >= 0.6 is 0 Å². The molecule has 3 aliphatic rings. The van der Waals surface area contributed by atoms with Crippen LogP contribution in [-0.2, 0) is 27.3 Å². The molecule has 6 rings (SSSR count). The molecule has 1 N–H and O–H groups in total. The van der Waals surface area contributed by atoms with Crippen LogP contribution < -0.4 is 10.9 Å². The molecule has 0 amide bonds. The Balaban J connectivity index is 1.13. The molecule has 0 aromatic carbocycles. The van der Waals surface area contributed by atoms with Gasteiger partial charge < -0.3 is 5.32 Å². The normalized spacial score (nSPS) is 21.4. The van der Waals surface area contributed by atoms with Crippen LogP contribution in [0.2, 0.25) is 0 Å². The lowest BCUT2D eigenvalue weighted by atomic mass is 9.82. The van der Waals surface area contributed by atoms with Gasteiger partial charge in [0.15, 0.2) is 5.78 Å². The van der Waals surface area contributed by atoms with Crippen molar-refractivity contribution >= 4 is 38.7 Å². The maximum Gasteiger partial charge on any atom is 0.264 e. The molecule has 3 aromatic rings. The number of carbonyl (C=O) groups is 1. The number of fused-ring (bicyclic) bond motifs is 2. The van der Waals surface area contributed by atoms with Gasteiger partial charge in [-0.3, -0.25) is 23.2 Å². The number of aryl methyl sites for hydroxylation is 1. The maximum atomic E-state index is 13.5. The third-order valence-electron chi connectivity index (χ3n) is 9.62. The summed E-state index contributed by atoms with van der Waals surface area (Å²) >= 11 is 0. The van der Waals surface area contributed by atoms with E-state index in [0.29, 0.717) is 41.4 Å². The summed E-state index contributed by atoms with van der Waals surface area (Å²) in [4.78, 5) is 42.7. The predicted octanol–water partition coefficient (Wildman–Crippen LogP) is 4.70. The third-order valence-corrected chi connectivity index (χ3v) is 10.2. The van der Waals surface area contributed by atoms with Crippen molar-refractivity contribution in [2.45, 2.75) is 84.2 Å². The molecule has 2 saturated carbocycles. The fourth-order valence-electron chi connectivity index (χ4n) is 7.29. The molecule has 4 heterocycles. The van der Waals surface area contributed by atoms with Crippen molar-refractivity contribution in [2.24, 2.45) is 11.8 Å². The van der Waals surface area contributed by atoms with Gasteiger partial charge >= 0.3 is 0 Å². The van der Waals surface area contributed by atoms with Crippen LogP contribution in [0.1, 0.15) is 91.5 Å². The number of nitrogens with one attached hydrogen (secondary N) is 1. The zero-order valence-corrected chi connectivity index (χ0v) is 26.7. The maximum absolute atomic E-state index is 13.5. The average molecular weight is 623 g/mol. The lowest BCUT2D eigenvalue weighted by Gasteiger charge is -2.34. The first kappa shape index (κ1) is 30.8. The molecular weight excluding hydrogens is 580 g/mol. The van der Waals surface area contributed by atoms with Crippen molar-refractivity contribution in [3.05, 3.63) is 51.1 Å². The summed E-state index contributed by atoms with van der Waals surface area (Å²) in [5.41, 5.74) is 3.45. The minimum Gasteiger partial charge on any atom is -0.309 e. The zero-order valence-electron chi connectivity index (χ0n) is 25.8. The van der Waals surface area contributed by atoms with Crippen molar-refractivity contribution in [1.82, 2.24) is 24.4 Å². The Morgan fingerprint density at radius 2 is 1.80 bits per heavy atom. The molecule has 0 spiro atoms. The van der Waals surface area contributed by atoms with Crippen LogP contribution in [0.15, 0.2) is 23.1 Å². The first-order valence-electron chi connectivity index (χ1n) is 15.8. The summed E-state index contributed by atoms with van der Waals surface area (Å²) in [5, 5.41) is 3.99. The molecule has 0 atom stereocenters. The highest BCUT2D eigenvalue weighted by Crippen LogP contribution is 2.33. The minimum absolute atomic E-state index is 0.0280. The Morgan fingerprint density at radius 1 is 1.07 bits per heavy atom. The summed E-state index contributed by atoms with van der Waals surface area (Å²) in [6.07, 6.45) is 11.8. The molecule has 236 valence electrons. The Bertz CT molecular complexity index is 1730. The number of ketones is 1. The number of Topliss-reactive ketones (excluding diaryl/α,β-unsaturated/α-hetero) is 1. The Kier molecular flexibility index (Phi) is 8.85. The molecule has 12 heteroatoms. The van der Waals surface area contributed by atoms with E-state index < -0.39 is 10.1 Å². The monoisotopic (exact) mass is 622 g/mol. The largest absolute Gasteiger partial charge is 0.309 e. The third kappa shape index (κ3) is 6.72. The highest BCUT2D eigenvalue weighted by atomic mass is 32.2. The molecular formula is C32H42N6O5S. The second-order valence-corrected chi connectivity index (χ2v) is 14.5. The van der Waals surface area contributed by atoms with Crippen molar-refractivity contribution in [1.29, 1.82) is 0 Å². The van der Waals surface area contributed by atoms with Gasteiger partial charge in [0.1, 0.15) is 11.5 Å². The van der Waals surface area contributed by atoms with Gasteiger partial charge in [-0.2, -0.15) is 13.4 Å².